The van der Waals surface area contributed by atoms with Crippen LogP contribution in [-0.2, 0) is 9.59 Å². The van der Waals surface area contributed by atoms with E-state index in [2.05, 4.69) is 23.8 Å². The average Bonchev–Trinajstić information content (AvgIpc) is 2.35. The Labute approximate surface area is 132 Å². The number of hydrogen-bond donors (Lipinski definition) is 2. The summed E-state index contributed by atoms with van der Waals surface area (Å²) in [4.78, 5) is 24.3. The van der Waals surface area contributed by atoms with E-state index < -0.39 is 0 Å². The second-order valence-electron chi connectivity index (χ2n) is 7.99. The first-order valence-corrected chi connectivity index (χ1v) is 8.19. The van der Waals surface area contributed by atoms with E-state index in [9.17, 15) is 9.59 Å². The fraction of sp³-hybridized carbons (Fsp3) is 0.667. The molecule has 4 aliphatic rings. The zero-order valence-corrected chi connectivity index (χ0v) is 13.6. The Bertz CT molecular complexity index is 503. The van der Waals surface area contributed by atoms with Crippen LogP contribution in [0.3, 0.4) is 0 Å². The summed E-state index contributed by atoms with van der Waals surface area (Å²) in [6.45, 7) is 11.0. The predicted molar refractivity (Wildman–Crippen MR) is 86.1 cm³/mol. The number of hydrogen-bond acceptors (Lipinski definition) is 2. The third-order valence-electron chi connectivity index (χ3n) is 5.59. The van der Waals surface area contributed by atoms with Gasteiger partial charge in [-0.1, -0.05) is 13.2 Å². The molecule has 4 heteroatoms. The molecular formula is C18H26N2O2. The van der Waals surface area contributed by atoms with Crippen molar-refractivity contribution in [1.29, 1.82) is 0 Å². The lowest BCUT2D eigenvalue weighted by molar-refractivity contribution is -0.128. The molecule has 0 saturated heterocycles. The van der Waals surface area contributed by atoms with Crippen molar-refractivity contribution in [3.8, 4) is 0 Å². The summed E-state index contributed by atoms with van der Waals surface area (Å²) >= 11 is 0. The average molecular weight is 302 g/mol. The van der Waals surface area contributed by atoms with E-state index >= 15 is 0 Å². The highest BCUT2D eigenvalue weighted by Gasteiger charge is 2.58. The van der Waals surface area contributed by atoms with Crippen molar-refractivity contribution in [3.63, 3.8) is 0 Å². The molecule has 0 aromatic rings. The highest BCUT2D eigenvalue weighted by molar-refractivity contribution is 5.93. The number of nitrogens with one attached hydrogen (secondary N) is 2. The number of carbonyl (C=O) groups is 2. The lowest BCUT2D eigenvalue weighted by Gasteiger charge is -2.62. The van der Waals surface area contributed by atoms with E-state index in [0.717, 1.165) is 32.1 Å². The second kappa shape index (κ2) is 4.97. The van der Waals surface area contributed by atoms with E-state index in [0.29, 0.717) is 23.0 Å². The SMILES string of the molecule is C=C(C)C(=O)NC12CC3CC(C1)CC(NC(=O)C(=C)C)(C3)C2. The Hall–Kier alpha value is -1.58. The summed E-state index contributed by atoms with van der Waals surface area (Å²) < 4.78 is 0. The molecule has 0 atom stereocenters. The van der Waals surface area contributed by atoms with E-state index in [4.69, 9.17) is 0 Å². The third-order valence-corrected chi connectivity index (χ3v) is 5.59. The Balaban J connectivity index is 1.83. The largest absolute Gasteiger partial charge is 0.347 e. The fourth-order valence-corrected chi connectivity index (χ4v) is 5.25. The van der Waals surface area contributed by atoms with Gasteiger partial charge in [-0.3, -0.25) is 9.59 Å². The van der Waals surface area contributed by atoms with Crippen LogP contribution in [0.5, 0.6) is 0 Å². The van der Waals surface area contributed by atoms with E-state index in [-0.39, 0.29) is 22.9 Å². The van der Waals surface area contributed by atoms with Crippen LogP contribution in [0.4, 0.5) is 0 Å². The first-order valence-electron chi connectivity index (χ1n) is 8.19. The maximum atomic E-state index is 12.2. The summed E-state index contributed by atoms with van der Waals surface area (Å²) in [5, 5.41) is 6.48. The molecule has 4 bridgehead atoms. The van der Waals surface area contributed by atoms with Gasteiger partial charge in [-0.15, -0.1) is 0 Å². The molecule has 0 heterocycles. The monoisotopic (exact) mass is 302 g/mol. The first-order chi connectivity index (χ1) is 10.2. The van der Waals surface area contributed by atoms with Gasteiger partial charge in [0.1, 0.15) is 0 Å². The van der Waals surface area contributed by atoms with E-state index in [1.807, 2.05) is 0 Å². The molecule has 4 aliphatic carbocycles. The van der Waals surface area contributed by atoms with Crippen molar-refractivity contribution in [2.75, 3.05) is 0 Å². The van der Waals surface area contributed by atoms with Crippen molar-refractivity contribution >= 4 is 11.8 Å². The van der Waals surface area contributed by atoms with Gasteiger partial charge in [-0.25, -0.2) is 0 Å². The lowest BCUT2D eigenvalue weighted by Crippen LogP contribution is -2.70. The number of rotatable bonds is 4. The van der Waals surface area contributed by atoms with Gasteiger partial charge in [-0.2, -0.15) is 0 Å². The van der Waals surface area contributed by atoms with Gasteiger partial charge in [0.25, 0.3) is 0 Å². The van der Waals surface area contributed by atoms with Gasteiger partial charge in [0.05, 0.1) is 0 Å². The maximum absolute atomic E-state index is 12.2. The molecule has 4 saturated carbocycles. The van der Waals surface area contributed by atoms with Gasteiger partial charge in [0.15, 0.2) is 0 Å². The number of amides is 2. The quantitative estimate of drug-likeness (QED) is 0.784. The van der Waals surface area contributed by atoms with Crippen molar-refractivity contribution < 1.29 is 9.59 Å². The zero-order chi connectivity index (χ0) is 16.1. The predicted octanol–water partition coefficient (Wildman–Crippen LogP) is 2.46. The van der Waals surface area contributed by atoms with Gasteiger partial charge in [0, 0.05) is 22.2 Å². The van der Waals surface area contributed by atoms with Crippen LogP contribution in [0.1, 0.15) is 52.4 Å². The lowest BCUT2D eigenvalue weighted by atomic mass is 9.49. The zero-order valence-electron chi connectivity index (χ0n) is 13.6. The van der Waals surface area contributed by atoms with Crippen LogP contribution >= 0.6 is 0 Å². The van der Waals surface area contributed by atoms with Crippen LogP contribution < -0.4 is 10.6 Å². The topological polar surface area (TPSA) is 58.2 Å². The molecule has 0 aromatic heterocycles. The van der Waals surface area contributed by atoms with Crippen molar-refractivity contribution in [3.05, 3.63) is 24.3 Å². The maximum Gasteiger partial charge on any atom is 0.246 e. The minimum Gasteiger partial charge on any atom is -0.347 e. The molecule has 22 heavy (non-hydrogen) atoms. The summed E-state index contributed by atoms with van der Waals surface area (Å²) in [5.41, 5.74) is 0.775. The van der Waals surface area contributed by atoms with Crippen molar-refractivity contribution in [2.24, 2.45) is 11.8 Å². The summed E-state index contributed by atoms with van der Waals surface area (Å²) in [6.07, 6.45) is 6.21. The molecule has 120 valence electrons. The van der Waals surface area contributed by atoms with Gasteiger partial charge < -0.3 is 10.6 Å². The van der Waals surface area contributed by atoms with Crippen molar-refractivity contribution in [2.45, 2.75) is 63.5 Å². The standard InChI is InChI=1S/C18H26N2O2/c1-11(2)15(21)19-17-6-13-5-14(7-17)9-18(8-13,10-17)20-16(22)12(3)4/h13-14H,1,3,5-10H2,2,4H3,(H,19,21)(H,20,22). The molecule has 2 N–H and O–H groups in total. The van der Waals surface area contributed by atoms with Gasteiger partial charge in [0.2, 0.25) is 11.8 Å². The highest BCUT2D eigenvalue weighted by atomic mass is 16.2. The second-order valence-corrected chi connectivity index (χ2v) is 7.99. The smallest absolute Gasteiger partial charge is 0.246 e. The Kier molecular flexibility index (Phi) is 3.46. The molecule has 4 rings (SSSR count). The van der Waals surface area contributed by atoms with E-state index in [1.165, 1.54) is 6.42 Å². The summed E-state index contributed by atoms with van der Waals surface area (Å²) in [5.74, 6) is 1.08. The van der Waals surface area contributed by atoms with Crippen LogP contribution in [0.2, 0.25) is 0 Å². The van der Waals surface area contributed by atoms with Crippen LogP contribution in [0, 0.1) is 11.8 Å². The van der Waals surface area contributed by atoms with Gasteiger partial charge >= 0.3 is 0 Å². The van der Waals surface area contributed by atoms with Gasteiger partial charge in [-0.05, 0) is 64.2 Å². The first kappa shape index (κ1) is 15.3. The molecule has 2 amide bonds. The molecule has 0 aromatic carbocycles. The van der Waals surface area contributed by atoms with Crippen LogP contribution in [0.15, 0.2) is 24.3 Å². The minimum atomic E-state index is -0.164. The molecular weight excluding hydrogens is 276 g/mol. The van der Waals surface area contributed by atoms with Crippen LogP contribution in [-0.4, -0.2) is 22.9 Å². The third kappa shape index (κ3) is 2.59. The van der Waals surface area contributed by atoms with Crippen LogP contribution in [0.25, 0.3) is 0 Å². The molecule has 0 unspecified atom stereocenters. The Morgan fingerprint density at radius 2 is 1.23 bits per heavy atom. The van der Waals surface area contributed by atoms with E-state index in [1.54, 1.807) is 13.8 Å². The van der Waals surface area contributed by atoms with Crippen molar-refractivity contribution in [1.82, 2.24) is 10.6 Å². The highest BCUT2D eigenvalue weighted by Crippen LogP contribution is 2.57. The fourth-order valence-electron chi connectivity index (χ4n) is 5.25. The summed E-state index contributed by atoms with van der Waals surface area (Å²) in [7, 11) is 0. The molecule has 0 spiro atoms. The normalized spacial score (nSPS) is 38.5. The molecule has 4 fully saturated rings. The Morgan fingerprint density at radius 1 is 0.864 bits per heavy atom. The summed E-state index contributed by atoms with van der Waals surface area (Å²) in [6, 6.07) is 0. The molecule has 4 nitrogen and oxygen atoms in total. The Morgan fingerprint density at radius 3 is 1.55 bits per heavy atom. The minimum absolute atomic E-state index is 0.0525. The molecule has 0 aliphatic heterocycles. The molecule has 0 radical (unpaired) electrons. The number of carbonyl (C=O) groups excluding carboxylic acids is 2.